The largest absolute Gasteiger partial charge is 0.494 e. The van der Waals surface area contributed by atoms with E-state index in [9.17, 15) is 0 Å². The predicted molar refractivity (Wildman–Crippen MR) is 75.8 cm³/mol. The fourth-order valence-electron chi connectivity index (χ4n) is 2.12. The lowest BCUT2D eigenvalue weighted by Crippen LogP contribution is -2.30. The molecule has 19 heavy (non-hydrogen) atoms. The molecule has 2 rings (SSSR count). The topological polar surface area (TPSA) is 60.2 Å². The summed E-state index contributed by atoms with van der Waals surface area (Å²) >= 11 is 0. The normalized spacial score (nSPS) is 12.2. The van der Waals surface area contributed by atoms with Crippen molar-refractivity contribution < 1.29 is 4.74 Å². The highest BCUT2D eigenvalue weighted by molar-refractivity contribution is 5.41. The van der Waals surface area contributed by atoms with E-state index < -0.39 is 0 Å². The van der Waals surface area contributed by atoms with Crippen LogP contribution in [-0.4, -0.2) is 11.6 Å². The minimum absolute atomic E-state index is 0.177. The van der Waals surface area contributed by atoms with Crippen molar-refractivity contribution in [2.45, 2.75) is 19.9 Å². The SMILES string of the molecule is CCOc1ccccc1C(NN)c1ncccc1C. The Morgan fingerprint density at radius 3 is 2.74 bits per heavy atom. The van der Waals surface area contributed by atoms with Crippen molar-refractivity contribution in [2.75, 3.05) is 6.61 Å². The molecule has 1 unspecified atom stereocenters. The maximum atomic E-state index is 5.73. The third-order valence-electron chi connectivity index (χ3n) is 3.02. The van der Waals surface area contributed by atoms with Gasteiger partial charge in [0.05, 0.1) is 18.3 Å². The number of nitrogens with one attached hydrogen (secondary N) is 1. The van der Waals surface area contributed by atoms with E-state index in [0.29, 0.717) is 6.61 Å². The van der Waals surface area contributed by atoms with Crippen LogP contribution in [0.5, 0.6) is 5.75 Å². The van der Waals surface area contributed by atoms with E-state index >= 15 is 0 Å². The molecule has 1 aromatic heterocycles. The molecule has 0 bridgehead atoms. The summed E-state index contributed by atoms with van der Waals surface area (Å²) in [5.41, 5.74) is 5.83. The number of rotatable bonds is 5. The van der Waals surface area contributed by atoms with Crippen molar-refractivity contribution in [1.29, 1.82) is 0 Å². The van der Waals surface area contributed by atoms with E-state index in [4.69, 9.17) is 10.6 Å². The molecule has 0 fully saturated rings. The summed E-state index contributed by atoms with van der Waals surface area (Å²) in [7, 11) is 0. The molecule has 0 radical (unpaired) electrons. The van der Waals surface area contributed by atoms with Gasteiger partial charge in [0, 0.05) is 11.8 Å². The van der Waals surface area contributed by atoms with Crippen molar-refractivity contribution in [2.24, 2.45) is 5.84 Å². The first kappa shape index (κ1) is 13.5. The average molecular weight is 257 g/mol. The lowest BCUT2D eigenvalue weighted by Gasteiger charge is -2.20. The number of pyridine rings is 1. The van der Waals surface area contributed by atoms with Gasteiger partial charge in [-0.1, -0.05) is 24.3 Å². The number of ether oxygens (including phenoxy) is 1. The zero-order valence-electron chi connectivity index (χ0n) is 11.3. The predicted octanol–water partition coefficient (Wildman–Crippen LogP) is 2.34. The average Bonchev–Trinajstić information content (AvgIpc) is 2.44. The van der Waals surface area contributed by atoms with Crippen LogP contribution >= 0.6 is 0 Å². The maximum absolute atomic E-state index is 5.73. The van der Waals surface area contributed by atoms with Gasteiger partial charge in [-0.15, -0.1) is 0 Å². The third-order valence-corrected chi connectivity index (χ3v) is 3.02. The van der Waals surface area contributed by atoms with Crippen LogP contribution in [0.25, 0.3) is 0 Å². The minimum atomic E-state index is -0.177. The summed E-state index contributed by atoms with van der Waals surface area (Å²) in [6, 6.07) is 11.6. The second-order valence-electron chi connectivity index (χ2n) is 4.28. The highest BCUT2D eigenvalue weighted by atomic mass is 16.5. The molecule has 1 heterocycles. The molecule has 1 atom stereocenters. The van der Waals surface area contributed by atoms with Crippen LogP contribution in [-0.2, 0) is 0 Å². The van der Waals surface area contributed by atoms with E-state index in [2.05, 4.69) is 10.4 Å². The highest BCUT2D eigenvalue weighted by Gasteiger charge is 2.19. The van der Waals surface area contributed by atoms with Crippen LogP contribution < -0.4 is 16.0 Å². The molecule has 0 aliphatic carbocycles. The van der Waals surface area contributed by atoms with E-state index in [0.717, 1.165) is 22.6 Å². The number of nitrogens with zero attached hydrogens (tertiary/aromatic N) is 1. The van der Waals surface area contributed by atoms with Gasteiger partial charge in [-0.2, -0.15) is 0 Å². The molecule has 0 aliphatic rings. The van der Waals surface area contributed by atoms with Crippen LogP contribution in [0.15, 0.2) is 42.6 Å². The number of hydrogen-bond donors (Lipinski definition) is 2. The van der Waals surface area contributed by atoms with Gasteiger partial charge in [-0.3, -0.25) is 10.8 Å². The fraction of sp³-hybridized carbons (Fsp3) is 0.267. The molecule has 2 aromatic rings. The molecule has 4 nitrogen and oxygen atoms in total. The number of aromatic nitrogens is 1. The van der Waals surface area contributed by atoms with E-state index in [-0.39, 0.29) is 6.04 Å². The molecule has 3 N–H and O–H groups in total. The Bertz CT molecular complexity index is 542. The number of aryl methyl sites for hydroxylation is 1. The first-order chi connectivity index (χ1) is 9.27. The quantitative estimate of drug-likeness (QED) is 0.637. The van der Waals surface area contributed by atoms with Crippen LogP contribution in [0, 0.1) is 6.92 Å². The van der Waals surface area contributed by atoms with E-state index in [1.807, 2.05) is 50.2 Å². The van der Waals surface area contributed by atoms with Crippen molar-refractivity contribution in [3.8, 4) is 5.75 Å². The number of hydrogen-bond acceptors (Lipinski definition) is 4. The summed E-state index contributed by atoms with van der Waals surface area (Å²) in [6.45, 7) is 4.61. The molecular formula is C15H19N3O. The third kappa shape index (κ3) is 2.92. The molecule has 1 aromatic carbocycles. The molecule has 0 saturated carbocycles. The molecule has 100 valence electrons. The van der Waals surface area contributed by atoms with Crippen molar-refractivity contribution >= 4 is 0 Å². The minimum Gasteiger partial charge on any atom is -0.494 e. The zero-order valence-corrected chi connectivity index (χ0v) is 11.3. The first-order valence-corrected chi connectivity index (χ1v) is 6.37. The van der Waals surface area contributed by atoms with Crippen LogP contribution in [0.1, 0.15) is 29.8 Å². The Hall–Kier alpha value is -1.91. The van der Waals surface area contributed by atoms with Gasteiger partial charge in [-0.05, 0) is 31.5 Å². The zero-order chi connectivity index (χ0) is 13.7. The molecule has 4 heteroatoms. The van der Waals surface area contributed by atoms with Gasteiger partial charge < -0.3 is 4.74 Å². The van der Waals surface area contributed by atoms with Gasteiger partial charge in [0.25, 0.3) is 0 Å². The summed E-state index contributed by atoms with van der Waals surface area (Å²) in [5.74, 6) is 6.56. The van der Waals surface area contributed by atoms with Gasteiger partial charge >= 0.3 is 0 Å². The standard InChI is InChI=1S/C15H19N3O/c1-3-19-13-9-5-4-8-12(13)15(18-16)14-11(2)7-6-10-17-14/h4-10,15,18H,3,16H2,1-2H3. The lowest BCUT2D eigenvalue weighted by molar-refractivity contribution is 0.333. The second-order valence-corrected chi connectivity index (χ2v) is 4.28. The summed E-state index contributed by atoms with van der Waals surface area (Å²) in [6.07, 6.45) is 1.77. The lowest BCUT2D eigenvalue weighted by atomic mass is 9.99. The van der Waals surface area contributed by atoms with Gasteiger partial charge in [0.1, 0.15) is 5.75 Å². The molecule has 0 amide bonds. The molecule has 0 aliphatic heterocycles. The summed E-state index contributed by atoms with van der Waals surface area (Å²) < 4.78 is 5.66. The Kier molecular flexibility index (Phi) is 4.49. The Morgan fingerprint density at radius 2 is 2.05 bits per heavy atom. The molecular weight excluding hydrogens is 238 g/mol. The second kappa shape index (κ2) is 6.31. The van der Waals surface area contributed by atoms with Crippen molar-refractivity contribution in [3.63, 3.8) is 0 Å². The number of benzene rings is 1. The monoisotopic (exact) mass is 257 g/mol. The van der Waals surface area contributed by atoms with Crippen molar-refractivity contribution in [3.05, 3.63) is 59.4 Å². The van der Waals surface area contributed by atoms with Crippen LogP contribution in [0.4, 0.5) is 0 Å². The smallest absolute Gasteiger partial charge is 0.124 e. The van der Waals surface area contributed by atoms with Gasteiger partial charge in [0.15, 0.2) is 0 Å². The molecule has 0 spiro atoms. The van der Waals surface area contributed by atoms with Gasteiger partial charge in [-0.25, -0.2) is 5.43 Å². The number of nitrogens with two attached hydrogens (primary N) is 1. The number of hydrazine groups is 1. The van der Waals surface area contributed by atoms with E-state index in [1.165, 1.54) is 0 Å². The van der Waals surface area contributed by atoms with Crippen LogP contribution in [0.2, 0.25) is 0 Å². The van der Waals surface area contributed by atoms with Crippen LogP contribution in [0.3, 0.4) is 0 Å². The van der Waals surface area contributed by atoms with E-state index in [1.54, 1.807) is 6.20 Å². The Labute approximate surface area is 113 Å². The fourth-order valence-corrected chi connectivity index (χ4v) is 2.12. The van der Waals surface area contributed by atoms with Gasteiger partial charge in [0.2, 0.25) is 0 Å². The maximum Gasteiger partial charge on any atom is 0.124 e. The summed E-state index contributed by atoms with van der Waals surface area (Å²) in [4.78, 5) is 4.43. The Morgan fingerprint density at radius 1 is 1.26 bits per heavy atom. The summed E-state index contributed by atoms with van der Waals surface area (Å²) in [5, 5.41) is 0. The molecule has 0 saturated heterocycles. The van der Waals surface area contributed by atoms with Crippen molar-refractivity contribution in [1.82, 2.24) is 10.4 Å². The highest BCUT2D eigenvalue weighted by Crippen LogP contribution is 2.29. The Balaban J connectivity index is 2.45. The first-order valence-electron chi connectivity index (χ1n) is 6.37. The number of para-hydroxylation sites is 1.